The third-order valence-corrected chi connectivity index (χ3v) is 2.03. The Morgan fingerprint density at radius 1 is 1.36 bits per heavy atom. The molecular formula is C8H14N2O. The lowest BCUT2D eigenvalue weighted by Gasteiger charge is -2.31. The Morgan fingerprint density at radius 3 is 2.55 bits per heavy atom. The molecule has 3 heteroatoms. The molecule has 0 bridgehead atoms. The van der Waals surface area contributed by atoms with Crippen molar-refractivity contribution < 1.29 is 4.79 Å². The summed E-state index contributed by atoms with van der Waals surface area (Å²) in [5, 5.41) is 0. The summed E-state index contributed by atoms with van der Waals surface area (Å²) in [4.78, 5) is 14.4. The van der Waals surface area contributed by atoms with Crippen LogP contribution in [0.5, 0.6) is 0 Å². The van der Waals surface area contributed by atoms with Gasteiger partial charge in [0.15, 0.2) is 0 Å². The van der Waals surface area contributed by atoms with E-state index in [2.05, 4.69) is 16.8 Å². The van der Waals surface area contributed by atoms with E-state index in [0.29, 0.717) is 0 Å². The fraction of sp³-hybridized carbons (Fsp3) is 0.750. The van der Waals surface area contributed by atoms with Crippen LogP contribution in [-0.2, 0) is 4.79 Å². The largest absolute Gasteiger partial charge is 0.304 e. The minimum Gasteiger partial charge on any atom is -0.304 e. The van der Waals surface area contributed by atoms with Crippen LogP contribution in [0.1, 0.15) is 0 Å². The molecule has 0 aromatic carbocycles. The molecule has 0 atom stereocenters. The summed E-state index contributed by atoms with van der Waals surface area (Å²) >= 11 is 0. The normalized spacial score (nSPS) is 21.2. The number of carbonyl (C=O) groups excluding carboxylic acids is 1. The van der Waals surface area contributed by atoms with E-state index in [9.17, 15) is 4.79 Å². The first-order chi connectivity index (χ1) is 5.33. The van der Waals surface area contributed by atoms with Gasteiger partial charge in [-0.05, 0) is 7.05 Å². The van der Waals surface area contributed by atoms with Gasteiger partial charge in [0.1, 0.15) is 5.94 Å². The van der Waals surface area contributed by atoms with Crippen LogP contribution in [0.3, 0.4) is 0 Å². The van der Waals surface area contributed by atoms with Crippen molar-refractivity contribution in [2.45, 2.75) is 0 Å². The molecule has 1 aliphatic rings. The molecule has 0 unspecified atom stereocenters. The Morgan fingerprint density at radius 2 is 2.00 bits per heavy atom. The van der Waals surface area contributed by atoms with Gasteiger partial charge in [-0.3, -0.25) is 4.90 Å². The molecule has 0 spiro atoms. The average molecular weight is 154 g/mol. The minimum atomic E-state index is 0.761. The van der Waals surface area contributed by atoms with Crippen LogP contribution >= 0.6 is 0 Å². The molecule has 0 N–H and O–H groups in total. The zero-order chi connectivity index (χ0) is 8.10. The van der Waals surface area contributed by atoms with Gasteiger partial charge in [0.2, 0.25) is 0 Å². The maximum Gasteiger partial charge on any atom is 0.121 e. The van der Waals surface area contributed by atoms with Crippen molar-refractivity contribution in [3.8, 4) is 0 Å². The van der Waals surface area contributed by atoms with E-state index in [1.165, 1.54) is 0 Å². The van der Waals surface area contributed by atoms with Gasteiger partial charge in [0, 0.05) is 38.8 Å². The number of rotatable bonds is 2. The van der Waals surface area contributed by atoms with Gasteiger partial charge < -0.3 is 4.90 Å². The van der Waals surface area contributed by atoms with E-state index < -0.39 is 0 Å². The van der Waals surface area contributed by atoms with Gasteiger partial charge in [-0.2, -0.15) is 0 Å². The maximum absolute atomic E-state index is 9.89. The SMILES string of the molecule is CN1CCN(CC=C=O)CC1. The number of likely N-dealkylation sites (N-methyl/N-ethyl adjacent to an activating group) is 1. The molecule has 1 saturated heterocycles. The monoisotopic (exact) mass is 154 g/mol. The Bertz CT molecular complexity index is 155. The third kappa shape index (κ3) is 2.85. The molecule has 0 radical (unpaired) electrons. The highest BCUT2D eigenvalue weighted by Gasteiger charge is 2.11. The quantitative estimate of drug-likeness (QED) is 0.507. The molecule has 1 rings (SSSR count). The summed E-state index contributed by atoms with van der Waals surface area (Å²) < 4.78 is 0. The van der Waals surface area contributed by atoms with Gasteiger partial charge >= 0.3 is 0 Å². The first kappa shape index (κ1) is 8.47. The minimum absolute atomic E-state index is 0.761. The van der Waals surface area contributed by atoms with Crippen molar-refractivity contribution in [1.82, 2.24) is 9.80 Å². The standard InChI is InChI=1S/C8H14N2O/c1-9-4-6-10(7-5-9)3-2-8-11/h2H,3-7H2,1H3. The predicted octanol–water partition coefficient (Wildman–Crippen LogP) is -0.378. The van der Waals surface area contributed by atoms with Crippen molar-refractivity contribution in [3.63, 3.8) is 0 Å². The zero-order valence-electron chi connectivity index (χ0n) is 6.92. The summed E-state index contributed by atoms with van der Waals surface area (Å²) in [5.41, 5.74) is 0. The van der Waals surface area contributed by atoms with Crippen LogP contribution in [0.15, 0.2) is 6.08 Å². The van der Waals surface area contributed by atoms with Crippen molar-refractivity contribution in [2.75, 3.05) is 39.8 Å². The molecule has 62 valence electrons. The fourth-order valence-electron chi connectivity index (χ4n) is 1.20. The van der Waals surface area contributed by atoms with Crippen LogP contribution in [0.2, 0.25) is 0 Å². The summed E-state index contributed by atoms with van der Waals surface area (Å²) in [5.74, 6) is 1.80. The van der Waals surface area contributed by atoms with E-state index in [0.717, 1.165) is 32.7 Å². The van der Waals surface area contributed by atoms with E-state index >= 15 is 0 Å². The Kier molecular flexibility index (Phi) is 3.30. The Labute approximate surface area is 67.3 Å². The van der Waals surface area contributed by atoms with E-state index in [1.807, 2.05) is 0 Å². The molecule has 0 aliphatic carbocycles. The first-order valence-corrected chi connectivity index (χ1v) is 3.93. The number of hydrogen-bond acceptors (Lipinski definition) is 3. The molecular weight excluding hydrogens is 140 g/mol. The summed E-state index contributed by atoms with van der Waals surface area (Å²) in [6.07, 6.45) is 1.55. The van der Waals surface area contributed by atoms with Crippen LogP contribution < -0.4 is 0 Å². The van der Waals surface area contributed by atoms with Crippen molar-refractivity contribution >= 4 is 5.94 Å². The Hall–Kier alpha value is -0.630. The summed E-state index contributed by atoms with van der Waals surface area (Å²) in [6, 6.07) is 0. The lowest BCUT2D eigenvalue weighted by molar-refractivity contribution is 0.167. The zero-order valence-corrected chi connectivity index (χ0v) is 6.92. The van der Waals surface area contributed by atoms with Crippen LogP contribution in [-0.4, -0.2) is 55.5 Å². The average Bonchev–Trinajstić information content (AvgIpc) is 2.04. The topological polar surface area (TPSA) is 23.6 Å². The smallest absolute Gasteiger partial charge is 0.121 e. The molecule has 11 heavy (non-hydrogen) atoms. The van der Waals surface area contributed by atoms with Crippen LogP contribution in [0.25, 0.3) is 0 Å². The number of nitrogens with zero attached hydrogens (tertiary/aromatic N) is 2. The molecule has 1 fully saturated rings. The fourth-order valence-corrected chi connectivity index (χ4v) is 1.20. The van der Waals surface area contributed by atoms with Gasteiger partial charge in [-0.1, -0.05) is 0 Å². The van der Waals surface area contributed by atoms with Crippen LogP contribution in [0, 0.1) is 0 Å². The third-order valence-electron chi connectivity index (χ3n) is 2.03. The second-order valence-corrected chi connectivity index (χ2v) is 2.93. The number of hydrogen-bond donors (Lipinski definition) is 0. The second kappa shape index (κ2) is 4.29. The summed E-state index contributed by atoms with van der Waals surface area (Å²) in [7, 11) is 2.12. The molecule has 1 aliphatic heterocycles. The highest BCUT2D eigenvalue weighted by atomic mass is 16.1. The highest BCUT2D eigenvalue weighted by Crippen LogP contribution is 1.97. The number of piperazine rings is 1. The van der Waals surface area contributed by atoms with E-state index in [4.69, 9.17) is 0 Å². The molecule has 0 amide bonds. The predicted molar refractivity (Wildman–Crippen MR) is 44.2 cm³/mol. The summed E-state index contributed by atoms with van der Waals surface area (Å²) in [6.45, 7) is 5.10. The molecule has 0 aromatic heterocycles. The van der Waals surface area contributed by atoms with Gasteiger partial charge in [0.25, 0.3) is 0 Å². The lowest BCUT2D eigenvalue weighted by atomic mass is 10.3. The maximum atomic E-state index is 9.89. The molecule has 3 nitrogen and oxygen atoms in total. The molecule has 1 heterocycles. The van der Waals surface area contributed by atoms with Crippen molar-refractivity contribution in [1.29, 1.82) is 0 Å². The van der Waals surface area contributed by atoms with E-state index in [-0.39, 0.29) is 0 Å². The van der Waals surface area contributed by atoms with Gasteiger partial charge in [-0.25, -0.2) is 4.79 Å². The van der Waals surface area contributed by atoms with Crippen LogP contribution in [0.4, 0.5) is 0 Å². The van der Waals surface area contributed by atoms with Crippen molar-refractivity contribution in [2.24, 2.45) is 0 Å². The van der Waals surface area contributed by atoms with Gasteiger partial charge in [-0.15, -0.1) is 0 Å². The second-order valence-electron chi connectivity index (χ2n) is 2.93. The van der Waals surface area contributed by atoms with E-state index in [1.54, 1.807) is 12.0 Å². The molecule has 0 saturated carbocycles. The van der Waals surface area contributed by atoms with Crippen molar-refractivity contribution in [3.05, 3.63) is 6.08 Å². The first-order valence-electron chi connectivity index (χ1n) is 3.93. The molecule has 0 aromatic rings. The highest BCUT2D eigenvalue weighted by molar-refractivity contribution is 5.45. The Balaban J connectivity index is 2.22. The lowest BCUT2D eigenvalue weighted by Crippen LogP contribution is -2.44. The van der Waals surface area contributed by atoms with Gasteiger partial charge in [0.05, 0.1) is 0 Å².